The topological polar surface area (TPSA) is 26.0 Å². The van der Waals surface area contributed by atoms with E-state index in [-0.39, 0.29) is 0 Å². The molecule has 0 fully saturated rings. The van der Waals surface area contributed by atoms with Gasteiger partial charge >= 0.3 is 0 Å². The molecule has 0 aromatic carbocycles. The largest absolute Gasteiger partial charge is 0.327 e. The van der Waals surface area contributed by atoms with Crippen molar-refractivity contribution in [2.75, 3.05) is 0 Å². The van der Waals surface area contributed by atoms with Crippen LogP contribution < -0.4 is 5.73 Å². The van der Waals surface area contributed by atoms with Gasteiger partial charge in [-0.3, -0.25) is 0 Å². The molecule has 0 amide bonds. The minimum absolute atomic E-state index is 0.420. The molecule has 2 N–H and O–H groups in total. The van der Waals surface area contributed by atoms with E-state index in [0.29, 0.717) is 6.04 Å². The maximum atomic E-state index is 6.10. The monoisotopic (exact) mass is 199 g/mol. The second-order valence-corrected chi connectivity index (χ2v) is 4.72. The number of hydrogen-bond acceptors (Lipinski definition) is 1. The molecule has 0 rings (SSSR count). The van der Waals surface area contributed by atoms with E-state index in [1.54, 1.807) is 0 Å². The van der Waals surface area contributed by atoms with Crippen LogP contribution in [0.4, 0.5) is 0 Å². The molecule has 3 atom stereocenters. The van der Waals surface area contributed by atoms with E-state index in [1.807, 2.05) is 0 Å². The van der Waals surface area contributed by atoms with Crippen molar-refractivity contribution >= 4 is 0 Å². The highest BCUT2D eigenvalue weighted by Gasteiger charge is 2.16. The van der Waals surface area contributed by atoms with Crippen LogP contribution in [0.2, 0.25) is 0 Å². The highest BCUT2D eigenvalue weighted by Crippen LogP contribution is 2.23. The Morgan fingerprint density at radius 1 is 1.07 bits per heavy atom. The number of nitrogens with two attached hydrogens (primary N) is 1. The van der Waals surface area contributed by atoms with E-state index in [2.05, 4.69) is 27.7 Å². The van der Waals surface area contributed by atoms with Gasteiger partial charge in [0.15, 0.2) is 0 Å². The van der Waals surface area contributed by atoms with Gasteiger partial charge in [-0.1, -0.05) is 53.4 Å². The summed E-state index contributed by atoms with van der Waals surface area (Å²) in [6.45, 7) is 9.11. The third-order valence-corrected chi connectivity index (χ3v) is 3.36. The van der Waals surface area contributed by atoms with Crippen molar-refractivity contribution < 1.29 is 0 Å². The van der Waals surface area contributed by atoms with Crippen molar-refractivity contribution in [3.8, 4) is 0 Å². The van der Waals surface area contributed by atoms with Gasteiger partial charge in [0.25, 0.3) is 0 Å². The highest BCUT2D eigenvalue weighted by molar-refractivity contribution is 4.72. The minimum Gasteiger partial charge on any atom is -0.327 e. The second-order valence-electron chi connectivity index (χ2n) is 4.72. The van der Waals surface area contributed by atoms with Crippen LogP contribution in [0.25, 0.3) is 0 Å². The molecular formula is C13H29N. The first-order valence-corrected chi connectivity index (χ1v) is 6.41. The summed E-state index contributed by atoms with van der Waals surface area (Å²) in [4.78, 5) is 0. The van der Waals surface area contributed by atoms with Crippen molar-refractivity contribution in [3.63, 3.8) is 0 Å². The predicted octanol–water partition coefficient (Wildman–Crippen LogP) is 3.97. The Bertz CT molecular complexity index is 122. The van der Waals surface area contributed by atoms with Crippen molar-refractivity contribution in [3.05, 3.63) is 0 Å². The first-order chi connectivity index (χ1) is 6.65. The average Bonchev–Trinajstić information content (AvgIpc) is 2.21. The molecule has 14 heavy (non-hydrogen) atoms. The van der Waals surface area contributed by atoms with Gasteiger partial charge in [-0.25, -0.2) is 0 Å². The zero-order valence-corrected chi connectivity index (χ0v) is 10.6. The van der Waals surface area contributed by atoms with Crippen LogP contribution in [0, 0.1) is 11.8 Å². The van der Waals surface area contributed by atoms with E-state index in [1.165, 1.54) is 32.1 Å². The molecule has 0 spiro atoms. The van der Waals surface area contributed by atoms with E-state index < -0.39 is 0 Å². The summed E-state index contributed by atoms with van der Waals surface area (Å²) in [6.07, 6.45) is 7.76. The fraction of sp³-hybridized carbons (Fsp3) is 1.00. The molecule has 3 unspecified atom stereocenters. The molecule has 1 nitrogen and oxygen atoms in total. The zero-order chi connectivity index (χ0) is 11.0. The third kappa shape index (κ3) is 5.64. The lowest BCUT2D eigenvalue weighted by atomic mass is 9.85. The molecule has 0 aliphatic carbocycles. The minimum atomic E-state index is 0.420. The summed E-state index contributed by atoms with van der Waals surface area (Å²) in [6, 6.07) is 0.420. The molecule has 0 saturated heterocycles. The Morgan fingerprint density at radius 2 is 1.71 bits per heavy atom. The van der Waals surface area contributed by atoms with Gasteiger partial charge in [0.1, 0.15) is 0 Å². The summed E-state index contributed by atoms with van der Waals surface area (Å²) in [5.41, 5.74) is 6.10. The Labute approximate surface area is 90.5 Å². The lowest BCUT2D eigenvalue weighted by Gasteiger charge is -2.24. The van der Waals surface area contributed by atoms with Crippen LogP contribution >= 0.6 is 0 Å². The Hall–Kier alpha value is -0.0400. The summed E-state index contributed by atoms with van der Waals surface area (Å²) < 4.78 is 0. The number of unbranched alkanes of at least 4 members (excludes halogenated alkanes) is 1. The highest BCUT2D eigenvalue weighted by atomic mass is 14.6. The molecule has 86 valence electrons. The van der Waals surface area contributed by atoms with Gasteiger partial charge < -0.3 is 5.73 Å². The summed E-state index contributed by atoms with van der Waals surface area (Å²) in [5.74, 6) is 1.60. The number of rotatable bonds is 8. The predicted molar refractivity (Wildman–Crippen MR) is 65.4 cm³/mol. The van der Waals surface area contributed by atoms with Crippen LogP contribution in [0.3, 0.4) is 0 Å². The Morgan fingerprint density at radius 3 is 2.14 bits per heavy atom. The van der Waals surface area contributed by atoms with Crippen LogP contribution in [0.1, 0.15) is 66.2 Å². The molecule has 0 bridgehead atoms. The fourth-order valence-corrected chi connectivity index (χ4v) is 2.16. The lowest BCUT2D eigenvalue weighted by molar-refractivity contribution is 0.306. The summed E-state index contributed by atoms with van der Waals surface area (Å²) in [7, 11) is 0. The van der Waals surface area contributed by atoms with Gasteiger partial charge in [-0.2, -0.15) is 0 Å². The fourth-order valence-electron chi connectivity index (χ4n) is 2.16. The summed E-state index contributed by atoms with van der Waals surface area (Å²) >= 11 is 0. The van der Waals surface area contributed by atoms with E-state index in [4.69, 9.17) is 5.73 Å². The normalized spacial score (nSPS) is 17.8. The van der Waals surface area contributed by atoms with Crippen molar-refractivity contribution in [1.82, 2.24) is 0 Å². The third-order valence-electron chi connectivity index (χ3n) is 3.36. The van der Waals surface area contributed by atoms with Crippen molar-refractivity contribution in [1.29, 1.82) is 0 Å². The molecule has 0 aromatic heterocycles. The Kier molecular flexibility index (Phi) is 8.26. The molecular weight excluding hydrogens is 170 g/mol. The molecule has 0 saturated carbocycles. The molecule has 0 radical (unpaired) electrons. The molecule has 1 heteroatoms. The average molecular weight is 199 g/mol. The van der Waals surface area contributed by atoms with E-state index in [0.717, 1.165) is 18.3 Å². The standard InChI is InChI=1S/C13H29N/c1-5-8-9-11(4)10-12(6-2)13(14)7-3/h11-13H,5-10,14H2,1-4H3. The number of hydrogen-bond donors (Lipinski definition) is 1. The summed E-state index contributed by atoms with van der Waals surface area (Å²) in [5, 5.41) is 0. The van der Waals surface area contributed by atoms with Gasteiger partial charge in [-0.05, 0) is 24.7 Å². The molecule has 0 heterocycles. The van der Waals surface area contributed by atoms with Crippen LogP contribution in [-0.2, 0) is 0 Å². The Balaban J connectivity index is 3.79. The van der Waals surface area contributed by atoms with Crippen LogP contribution in [0.5, 0.6) is 0 Å². The van der Waals surface area contributed by atoms with Gasteiger partial charge in [0.05, 0.1) is 0 Å². The zero-order valence-electron chi connectivity index (χ0n) is 10.6. The SMILES string of the molecule is CCCCC(C)CC(CC)C(N)CC. The second kappa shape index (κ2) is 8.28. The quantitative estimate of drug-likeness (QED) is 0.629. The smallest absolute Gasteiger partial charge is 0.00645 e. The van der Waals surface area contributed by atoms with Crippen LogP contribution in [0.15, 0.2) is 0 Å². The van der Waals surface area contributed by atoms with Crippen molar-refractivity contribution in [2.45, 2.75) is 72.3 Å². The van der Waals surface area contributed by atoms with Crippen molar-refractivity contribution in [2.24, 2.45) is 17.6 Å². The molecule has 0 aromatic rings. The maximum absolute atomic E-state index is 6.10. The van der Waals surface area contributed by atoms with E-state index >= 15 is 0 Å². The van der Waals surface area contributed by atoms with Crippen LogP contribution in [-0.4, -0.2) is 6.04 Å². The first kappa shape index (κ1) is 14.0. The lowest BCUT2D eigenvalue weighted by Crippen LogP contribution is -2.30. The van der Waals surface area contributed by atoms with Gasteiger partial charge in [0.2, 0.25) is 0 Å². The van der Waals surface area contributed by atoms with E-state index in [9.17, 15) is 0 Å². The molecule has 0 aliphatic rings. The van der Waals surface area contributed by atoms with Gasteiger partial charge in [0, 0.05) is 6.04 Å². The first-order valence-electron chi connectivity index (χ1n) is 6.41. The van der Waals surface area contributed by atoms with Gasteiger partial charge in [-0.15, -0.1) is 0 Å². The maximum Gasteiger partial charge on any atom is 0.00645 e. The molecule has 0 aliphatic heterocycles.